The summed E-state index contributed by atoms with van der Waals surface area (Å²) in [7, 11) is 1.48. The van der Waals surface area contributed by atoms with Crippen molar-refractivity contribution in [3.63, 3.8) is 0 Å². The molecule has 0 fully saturated rings. The lowest BCUT2D eigenvalue weighted by molar-refractivity contribution is 0.0948. The van der Waals surface area contributed by atoms with E-state index in [4.69, 9.17) is 16.3 Å². The van der Waals surface area contributed by atoms with E-state index in [2.05, 4.69) is 30.8 Å². The van der Waals surface area contributed by atoms with Crippen molar-refractivity contribution in [2.75, 3.05) is 7.11 Å². The molecule has 9 nitrogen and oxygen atoms in total. The van der Waals surface area contributed by atoms with Gasteiger partial charge in [0.05, 0.1) is 35.6 Å². The summed E-state index contributed by atoms with van der Waals surface area (Å²) in [6.45, 7) is 0.282. The molecule has 3 heterocycles. The molecular weight excluding hydrogens is 414 g/mol. The highest BCUT2D eigenvalue weighted by molar-refractivity contribution is 7.09. The van der Waals surface area contributed by atoms with Crippen LogP contribution >= 0.6 is 22.9 Å². The average molecular weight is 428 g/mol. The molecule has 146 valence electrons. The zero-order valence-corrected chi connectivity index (χ0v) is 16.7. The van der Waals surface area contributed by atoms with Crippen molar-refractivity contribution in [1.29, 1.82) is 0 Å². The number of benzene rings is 1. The lowest BCUT2D eigenvalue weighted by Crippen LogP contribution is -2.23. The molecule has 0 saturated carbocycles. The summed E-state index contributed by atoms with van der Waals surface area (Å²) in [6, 6.07) is 6.91. The summed E-state index contributed by atoms with van der Waals surface area (Å²) in [5, 5.41) is 16.9. The van der Waals surface area contributed by atoms with Crippen LogP contribution in [0.15, 0.2) is 48.4 Å². The second kappa shape index (κ2) is 8.33. The number of hydrogen-bond donors (Lipinski definition) is 1. The third-order valence-corrected chi connectivity index (χ3v) is 5.19. The summed E-state index contributed by atoms with van der Waals surface area (Å²) in [5.41, 5.74) is 2.63. The maximum Gasteiger partial charge on any atom is 0.255 e. The van der Waals surface area contributed by atoms with E-state index >= 15 is 0 Å². The van der Waals surface area contributed by atoms with Crippen LogP contribution in [0.5, 0.6) is 5.75 Å². The summed E-state index contributed by atoms with van der Waals surface area (Å²) >= 11 is 7.78. The molecule has 0 aliphatic heterocycles. The Balaban J connectivity index is 1.50. The monoisotopic (exact) mass is 427 g/mol. The predicted octanol–water partition coefficient (Wildman–Crippen LogP) is 2.77. The number of carbonyl (C=O) groups excluding carboxylic acids is 1. The van der Waals surface area contributed by atoms with Crippen LogP contribution in [0.25, 0.3) is 16.9 Å². The number of rotatable bonds is 6. The van der Waals surface area contributed by atoms with Crippen molar-refractivity contribution in [3.05, 3.63) is 64.0 Å². The number of tetrazole rings is 1. The van der Waals surface area contributed by atoms with Crippen LogP contribution in [0.3, 0.4) is 0 Å². The number of pyridine rings is 1. The fourth-order valence-electron chi connectivity index (χ4n) is 2.63. The van der Waals surface area contributed by atoms with E-state index in [-0.39, 0.29) is 12.5 Å². The summed E-state index contributed by atoms with van der Waals surface area (Å²) in [6.07, 6.45) is 4.83. The number of ether oxygens (including phenoxy) is 1. The van der Waals surface area contributed by atoms with E-state index in [1.54, 1.807) is 18.5 Å². The van der Waals surface area contributed by atoms with Crippen LogP contribution in [0.4, 0.5) is 0 Å². The zero-order chi connectivity index (χ0) is 20.2. The molecule has 4 rings (SSSR count). The topological polar surface area (TPSA) is 108 Å². The van der Waals surface area contributed by atoms with Crippen LogP contribution in [0.1, 0.15) is 15.4 Å². The minimum Gasteiger partial charge on any atom is -0.496 e. The van der Waals surface area contributed by atoms with Gasteiger partial charge in [-0.2, -0.15) is 4.68 Å². The molecule has 0 radical (unpaired) electrons. The maximum atomic E-state index is 12.7. The quantitative estimate of drug-likeness (QED) is 0.504. The van der Waals surface area contributed by atoms with Crippen LogP contribution in [-0.2, 0) is 6.54 Å². The van der Waals surface area contributed by atoms with Crippen molar-refractivity contribution < 1.29 is 9.53 Å². The third-order valence-electron chi connectivity index (χ3n) is 4.04. The Morgan fingerprint density at radius 2 is 2.14 bits per heavy atom. The molecule has 0 aliphatic carbocycles. The van der Waals surface area contributed by atoms with E-state index in [1.807, 2.05) is 17.5 Å². The zero-order valence-electron chi connectivity index (χ0n) is 15.1. The van der Waals surface area contributed by atoms with Gasteiger partial charge in [0.15, 0.2) is 0 Å². The normalized spacial score (nSPS) is 10.7. The van der Waals surface area contributed by atoms with Gasteiger partial charge in [-0.05, 0) is 28.6 Å². The van der Waals surface area contributed by atoms with Gasteiger partial charge in [0, 0.05) is 29.4 Å². The molecule has 11 heteroatoms. The van der Waals surface area contributed by atoms with Crippen molar-refractivity contribution in [2.24, 2.45) is 0 Å². The average Bonchev–Trinajstić information content (AvgIpc) is 3.45. The van der Waals surface area contributed by atoms with Gasteiger partial charge in [-0.25, -0.2) is 4.98 Å². The number of methoxy groups -OCH3 is 1. The fourth-order valence-corrected chi connectivity index (χ4v) is 3.63. The molecule has 0 atom stereocenters. The van der Waals surface area contributed by atoms with Gasteiger partial charge in [-0.1, -0.05) is 11.6 Å². The van der Waals surface area contributed by atoms with Gasteiger partial charge >= 0.3 is 0 Å². The molecule has 0 aliphatic rings. The number of nitrogens with zero attached hydrogens (tertiary/aromatic N) is 6. The number of amides is 1. The lowest BCUT2D eigenvalue weighted by atomic mass is 10.1. The summed E-state index contributed by atoms with van der Waals surface area (Å²) < 4.78 is 6.75. The number of thiazole rings is 1. The van der Waals surface area contributed by atoms with Gasteiger partial charge in [0.1, 0.15) is 17.1 Å². The second-order valence-corrected chi connectivity index (χ2v) is 7.15. The Morgan fingerprint density at radius 1 is 1.31 bits per heavy atom. The summed E-state index contributed by atoms with van der Waals surface area (Å²) in [5.74, 6) is 0.0293. The van der Waals surface area contributed by atoms with E-state index < -0.39 is 0 Å². The molecule has 3 aromatic heterocycles. The Labute approximate surface area is 174 Å². The van der Waals surface area contributed by atoms with Crippen LogP contribution < -0.4 is 10.1 Å². The first kappa shape index (κ1) is 19.0. The van der Waals surface area contributed by atoms with Crippen LogP contribution in [-0.4, -0.2) is 43.2 Å². The minimum atomic E-state index is -0.326. The highest BCUT2D eigenvalue weighted by atomic mass is 35.5. The number of hydrogen-bond acceptors (Lipinski definition) is 8. The van der Waals surface area contributed by atoms with Gasteiger partial charge in [-0.3, -0.25) is 9.78 Å². The Hall–Kier alpha value is -3.37. The first-order valence-electron chi connectivity index (χ1n) is 8.39. The Bertz CT molecular complexity index is 1130. The predicted molar refractivity (Wildman–Crippen MR) is 107 cm³/mol. The first-order valence-corrected chi connectivity index (χ1v) is 9.65. The van der Waals surface area contributed by atoms with E-state index in [9.17, 15) is 4.79 Å². The SMILES string of the molecule is COc1cc(-n2cnnn2)c(Cl)cc1C(=O)NCc1nc(-c2ccncc2)cs1. The van der Waals surface area contributed by atoms with Gasteiger partial charge in [-0.15, -0.1) is 16.4 Å². The molecule has 0 bridgehead atoms. The lowest BCUT2D eigenvalue weighted by Gasteiger charge is -2.12. The second-order valence-electron chi connectivity index (χ2n) is 5.80. The van der Waals surface area contributed by atoms with Crippen molar-refractivity contribution in [2.45, 2.75) is 6.54 Å². The molecule has 1 aromatic carbocycles. The van der Waals surface area contributed by atoms with Gasteiger partial charge in [0.2, 0.25) is 0 Å². The van der Waals surface area contributed by atoms with E-state index in [0.29, 0.717) is 22.0 Å². The molecule has 4 aromatic rings. The molecule has 1 N–H and O–H groups in total. The fraction of sp³-hybridized carbons (Fsp3) is 0.111. The molecule has 0 spiro atoms. The van der Waals surface area contributed by atoms with Crippen LogP contribution in [0.2, 0.25) is 5.02 Å². The number of nitrogens with one attached hydrogen (secondary N) is 1. The van der Waals surface area contributed by atoms with E-state index in [1.165, 1.54) is 35.5 Å². The smallest absolute Gasteiger partial charge is 0.255 e. The number of aromatic nitrogens is 6. The van der Waals surface area contributed by atoms with Crippen molar-refractivity contribution in [1.82, 2.24) is 35.5 Å². The highest BCUT2D eigenvalue weighted by Gasteiger charge is 2.18. The van der Waals surface area contributed by atoms with Gasteiger partial charge < -0.3 is 10.1 Å². The maximum absolute atomic E-state index is 12.7. The summed E-state index contributed by atoms with van der Waals surface area (Å²) in [4.78, 5) is 21.2. The number of halogens is 1. The Kier molecular flexibility index (Phi) is 5.45. The standard InChI is InChI=1S/C18H14ClN7O2S/c1-28-16-7-15(26-10-22-24-25-26)13(19)6-12(16)18(27)21-8-17-23-14(9-29-17)11-2-4-20-5-3-11/h2-7,9-10H,8H2,1H3,(H,21,27). The minimum absolute atomic E-state index is 0.282. The molecular formula is C18H14ClN7O2S. The highest BCUT2D eigenvalue weighted by Crippen LogP contribution is 2.29. The molecule has 0 unspecified atom stereocenters. The van der Waals surface area contributed by atoms with Gasteiger partial charge in [0.25, 0.3) is 5.91 Å². The largest absolute Gasteiger partial charge is 0.496 e. The van der Waals surface area contributed by atoms with Crippen LogP contribution in [0, 0.1) is 0 Å². The molecule has 1 amide bonds. The third kappa shape index (κ3) is 4.08. The number of carbonyl (C=O) groups is 1. The van der Waals surface area contributed by atoms with E-state index in [0.717, 1.165) is 16.3 Å². The molecule has 29 heavy (non-hydrogen) atoms. The van der Waals surface area contributed by atoms with Crippen molar-refractivity contribution in [3.8, 4) is 22.7 Å². The first-order chi connectivity index (χ1) is 14.2. The Morgan fingerprint density at radius 3 is 2.86 bits per heavy atom. The molecule has 0 saturated heterocycles. The van der Waals surface area contributed by atoms with Crippen molar-refractivity contribution >= 4 is 28.8 Å².